The molecule has 6 heteroatoms. The van der Waals surface area contributed by atoms with Crippen LogP contribution in [0.4, 0.5) is 4.39 Å². The van der Waals surface area contributed by atoms with E-state index in [2.05, 4.69) is 0 Å². The van der Waals surface area contributed by atoms with E-state index in [1.165, 1.54) is 18.6 Å². The van der Waals surface area contributed by atoms with Gasteiger partial charge >= 0.3 is 0 Å². The van der Waals surface area contributed by atoms with Crippen LogP contribution in [0.15, 0.2) is 36.1 Å². The van der Waals surface area contributed by atoms with Crippen LogP contribution in [-0.2, 0) is 14.3 Å². The minimum Gasteiger partial charge on any atom is -0.459 e. The van der Waals surface area contributed by atoms with Gasteiger partial charge in [0.25, 0.3) is 5.91 Å². The molecule has 2 aliphatic heterocycles. The number of carbonyl (C=O) groups excluding carboxylic acids is 1. The van der Waals surface area contributed by atoms with Crippen molar-refractivity contribution in [1.82, 2.24) is 4.90 Å². The van der Waals surface area contributed by atoms with Crippen molar-refractivity contribution in [2.45, 2.75) is 63.6 Å². The molecule has 2 atom stereocenters. The number of rotatable bonds is 7. The summed E-state index contributed by atoms with van der Waals surface area (Å²) in [5, 5.41) is 8.94. The topological polar surface area (TPSA) is 59.0 Å². The summed E-state index contributed by atoms with van der Waals surface area (Å²) in [7, 11) is 0. The first-order valence-corrected chi connectivity index (χ1v) is 10.8. The molecule has 0 saturated carbocycles. The van der Waals surface area contributed by atoms with E-state index in [-0.39, 0.29) is 24.2 Å². The fourth-order valence-electron chi connectivity index (χ4n) is 3.89. The summed E-state index contributed by atoms with van der Waals surface area (Å²) < 4.78 is 25.1. The van der Waals surface area contributed by atoms with Gasteiger partial charge < -0.3 is 19.5 Å². The number of ether oxygens (including phenoxy) is 2. The van der Waals surface area contributed by atoms with Crippen molar-refractivity contribution in [3.05, 3.63) is 47.5 Å². The number of nitrogens with zero attached hydrogens (tertiary/aromatic N) is 1. The van der Waals surface area contributed by atoms with Crippen LogP contribution in [0.5, 0.6) is 0 Å². The van der Waals surface area contributed by atoms with Crippen molar-refractivity contribution in [2.24, 2.45) is 0 Å². The predicted molar refractivity (Wildman–Crippen MR) is 109 cm³/mol. The van der Waals surface area contributed by atoms with Crippen LogP contribution in [0.25, 0.3) is 0 Å². The maximum Gasteiger partial charge on any atom is 0.288 e. The van der Waals surface area contributed by atoms with Gasteiger partial charge in [0.15, 0.2) is 5.76 Å². The summed E-state index contributed by atoms with van der Waals surface area (Å²) in [5.74, 6) is -0.0969. The maximum absolute atomic E-state index is 13.3. The number of aliphatic hydroxyl groups excluding tert-OH is 1. The smallest absolute Gasteiger partial charge is 0.288 e. The Morgan fingerprint density at radius 1 is 1.10 bits per heavy atom. The zero-order chi connectivity index (χ0) is 20.5. The monoisotopic (exact) mass is 405 g/mol. The maximum atomic E-state index is 13.3. The molecule has 0 unspecified atom stereocenters. The van der Waals surface area contributed by atoms with Crippen molar-refractivity contribution >= 4 is 5.91 Å². The lowest BCUT2D eigenvalue weighted by Crippen LogP contribution is -2.38. The Morgan fingerprint density at radius 3 is 2.48 bits per heavy atom. The van der Waals surface area contributed by atoms with E-state index >= 15 is 0 Å². The van der Waals surface area contributed by atoms with Gasteiger partial charge in [-0.05, 0) is 49.5 Å². The number of aliphatic hydroxyl groups is 1. The number of allylic oxidation sites excluding steroid dienone is 1. The fraction of sp³-hybridized carbons (Fsp3) is 0.609. The Balaban J connectivity index is 1.73. The molecule has 0 spiro atoms. The lowest BCUT2D eigenvalue weighted by Gasteiger charge is -2.32. The first-order valence-electron chi connectivity index (χ1n) is 10.8. The Bertz CT molecular complexity index is 668. The van der Waals surface area contributed by atoms with E-state index in [0.717, 1.165) is 50.8 Å². The summed E-state index contributed by atoms with van der Waals surface area (Å²) in [6, 6.07) is 6.39. The SMILES string of the molecule is O=C(C1=C[C@@H](c2ccc(F)cc2)C[C@@H](OCCCCO)O1)N1CCCCCCC1. The molecular weight excluding hydrogens is 373 g/mol. The Morgan fingerprint density at radius 2 is 1.79 bits per heavy atom. The van der Waals surface area contributed by atoms with Crippen LogP contribution in [0, 0.1) is 5.82 Å². The van der Waals surface area contributed by atoms with Gasteiger partial charge in [-0.1, -0.05) is 31.4 Å². The van der Waals surface area contributed by atoms with E-state index in [0.29, 0.717) is 25.2 Å². The molecule has 2 aliphatic rings. The molecule has 1 aromatic carbocycles. The quantitative estimate of drug-likeness (QED) is 0.693. The third-order valence-electron chi connectivity index (χ3n) is 5.57. The number of hydrogen-bond donors (Lipinski definition) is 1. The standard InChI is InChI=1S/C23H32FNO4/c24-20-10-8-18(9-11-20)19-16-21(29-22(17-19)28-15-7-6-14-26)23(27)25-12-4-2-1-3-5-13-25/h8-11,16,19,22,26H,1-7,12-15,17H2/t19-,22+/m1/s1. The lowest BCUT2D eigenvalue weighted by atomic mass is 9.92. The first kappa shape index (κ1) is 21.8. The molecule has 5 nitrogen and oxygen atoms in total. The molecule has 1 saturated heterocycles. The van der Waals surface area contributed by atoms with Crippen molar-refractivity contribution in [2.75, 3.05) is 26.3 Å². The number of halogens is 1. The molecule has 1 aromatic rings. The average Bonchev–Trinajstić information content (AvgIpc) is 2.71. The molecule has 1 amide bonds. The van der Waals surface area contributed by atoms with Crippen LogP contribution >= 0.6 is 0 Å². The normalized spacial score (nSPS) is 23.0. The number of likely N-dealkylation sites (tertiary alicyclic amines) is 1. The molecule has 0 bridgehead atoms. The van der Waals surface area contributed by atoms with Gasteiger partial charge in [0, 0.05) is 32.0 Å². The number of unbranched alkanes of at least 4 members (excludes halogenated alkanes) is 1. The van der Waals surface area contributed by atoms with Crippen LogP contribution in [0.3, 0.4) is 0 Å². The summed E-state index contributed by atoms with van der Waals surface area (Å²) in [6.45, 7) is 2.10. The predicted octanol–water partition coefficient (Wildman–Crippen LogP) is 4.12. The lowest BCUT2D eigenvalue weighted by molar-refractivity contribution is -0.153. The second-order valence-electron chi connectivity index (χ2n) is 7.83. The van der Waals surface area contributed by atoms with Crippen LogP contribution in [0.2, 0.25) is 0 Å². The highest BCUT2D eigenvalue weighted by Crippen LogP contribution is 2.32. The van der Waals surface area contributed by atoms with Crippen molar-refractivity contribution in [1.29, 1.82) is 0 Å². The van der Waals surface area contributed by atoms with E-state index in [1.54, 1.807) is 12.1 Å². The molecule has 0 aromatic heterocycles. The number of carbonyl (C=O) groups is 1. The van der Waals surface area contributed by atoms with Crippen molar-refractivity contribution < 1.29 is 23.8 Å². The highest BCUT2D eigenvalue weighted by molar-refractivity contribution is 5.91. The van der Waals surface area contributed by atoms with E-state index in [1.807, 2.05) is 11.0 Å². The van der Waals surface area contributed by atoms with Gasteiger partial charge in [0.05, 0.1) is 6.61 Å². The first-order chi connectivity index (χ1) is 14.2. The average molecular weight is 406 g/mol. The number of amides is 1. The molecule has 0 aliphatic carbocycles. The van der Waals surface area contributed by atoms with Gasteiger partial charge in [-0.3, -0.25) is 4.79 Å². The molecule has 0 radical (unpaired) electrons. The second kappa shape index (κ2) is 11.3. The Kier molecular flexibility index (Phi) is 8.50. The van der Waals surface area contributed by atoms with Gasteiger partial charge in [-0.2, -0.15) is 0 Å². The van der Waals surface area contributed by atoms with Crippen molar-refractivity contribution in [3.8, 4) is 0 Å². The minimum absolute atomic E-state index is 0.0686. The number of benzene rings is 1. The molecule has 160 valence electrons. The molecule has 3 rings (SSSR count). The van der Waals surface area contributed by atoms with Gasteiger partial charge in [-0.25, -0.2) is 4.39 Å². The van der Waals surface area contributed by atoms with Crippen molar-refractivity contribution in [3.63, 3.8) is 0 Å². The highest BCUT2D eigenvalue weighted by Gasteiger charge is 2.31. The van der Waals surface area contributed by atoms with Crippen LogP contribution < -0.4 is 0 Å². The van der Waals surface area contributed by atoms with Gasteiger partial charge in [0.2, 0.25) is 6.29 Å². The summed E-state index contributed by atoms with van der Waals surface area (Å²) in [6.07, 6.45) is 8.88. The van der Waals surface area contributed by atoms with Crippen LogP contribution in [0.1, 0.15) is 62.8 Å². The van der Waals surface area contributed by atoms with Gasteiger partial charge in [0.1, 0.15) is 5.82 Å². The zero-order valence-electron chi connectivity index (χ0n) is 17.0. The summed E-state index contributed by atoms with van der Waals surface area (Å²) in [4.78, 5) is 15.0. The van der Waals surface area contributed by atoms with E-state index in [9.17, 15) is 9.18 Å². The Hall–Kier alpha value is -1.92. The minimum atomic E-state index is -0.526. The Labute approximate surface area is 172 Å². The van der Waals surface area contributed by atoms with E-state index < -0.39 is 6.29 Å². The third kappa shape index (κ3) is 6.54. The van der Waals surface area contributed by atoms with Crippen LogP contribution in [-0.4, -0.2) is 48.5 Å². The second-order valence-corrected chi connectivity index (χ2v) is 7.83. The van der Waals surface area contributed by atoms with Gasteiger partial charge in [-0.15, -0.1) is 0 Å². The zero-order valence-corrected chi connectivity index (χ0v) is 17.0. The molecule has 1 fully saturated rings. The highest BCUT2D eigenvalue weighted by atomic mass is 19.1. The number of hydrogen-bond acceptors (Lipinski definition) is 4. The summed E-state index contributed by atoms with van der Waals surface area (Å²) >= 11 is 0. The molecular formula is C23H32FNO4. The van der Waals surface area contributed by atoms with E-state index in [4.69, 9.17) is 14.6 Å². The molecule has 2 heterocycles. The summed E-state index contributed by atoms with van der Waals surface area (Å²) in [5.41, 5.74) is 0.941. The molecule has 29 heavy (non-hydrogen) atoms. The third-order valence-corrected chi connectivity index (χ3v) is 5.57. The largest absolute Gasteiger partial charge is 0.459 e. The molecule has 1 N–H and O–H groups in total. The fourth-order valence-corrected chi connectivity index (χ4v) is 3.89.